The molecule has 0 bridgehead atoms. The maximum Gasteiger partial charge on any atom is 0.256 e. The molecule has 0 spiro atoms. The molecular formula is C18H21N5O3. The maximum atomic E-state index is 12.9. The number of rotatable bonds is 3. The third-order valence-electron chi connectivity index (χ3n) is 5.29. The number of aryl methyl sites for hydroxylation is 1. The van der Waals surface area contributed by atoms with E-state index in [1.165, 1.54) is 0 Å². The molecule has 1 unspecified atom stereocenters. The zero-order valence-electron chi connectivity index (χ0n) is 14.8. The van der Waals surface area contributed by atoms with Gasteiger partial charge < -0.3 is 15.1 Å². The second-order valence-corrected chi connectivity index (χ2v) is 7.07. The molecule has 0 saturated carbocycles. The molecular weight excluding hydrogens is 334 g/mol. The van der Waals surface area contributed by atoms with Crippen molar-refractivity contribution in [3.63, 3.8) is 0 Å². The number of carbonyl (C=O) groups excluding carboxylic acids is 3. The van der Waals surface area contributed by atoms with Crippen molar-refractivity contribution in [1.82, 2.24) is 25.3 Å². The summed E-state index contributed by atoms with van der Waals surface area (Å²) >= 11 is 0. The number of carbonyl (C=O) groups is 3. The first kappa shape index (κ1) is 16.6. The molecule has 3 amide bonds. The number of likely N-dealkylation sites (tertiary alicyclic amines) is 2. The van der Waals surface area contributed by atoms with Crippen LogP contribution in [0.5, 0.6) is 0 Å². The molecule has 26 heavy (non-hydrogen) atoms. The number of hydrogen-bond donors (Lipinski definition) is 2. The van der Waals surface area contributed by atoms with Gasteiger partial charge in [-0.05, 0) is 24.6 Å². The smallest absolute Gasteiger partial charge is 0.256 e. The fraction of sp³-hybridized carbons (Fsp3) is 0.444. The number of nitrogens with one attached hydrogen (secondary N) is 2. The van der Waals surface area contributed by atoms with Crippen LogP contribution in [-0.2, 0) is 9.59 Å². The van der Waals surface area contributed by atoms with Crippen LogP contribution in [0.2, 0.25) is 0 Å². The SMILES string of the molecule is CNC(=O)C1CC(=O)N(C2CN(C(=O)c3cc(C)cc4cn[nH]c34)C2)C1. The van der Waals surface area contributed by atoms with Gasteiger partial charge in [-0.2, -0.15) is 5.10 Å². The summed E-state index contributed by atoms with van der Waals surface area (Å²) in [5.41, 5.74) is 2.34. The molecule has 3 heterocycles. The second-order valence-electron chi connectivity index (χ2n) is 7.07. The number of hydrogen-bond acceptors (Lipinski definition) is 4. The van der Waals surface area contributed by atoms with Crippen molar-refractivity contribution in [3.8, 4) is 0 Å². The highest BCUT2D eigenvalue weighted by Crippen LogP contribution is 2.27. The van der Waals surface area contributed by atoms with Crippen molar-refractivity contribution in [1.29, 1.82) is 0 Å². The number of amides is 3. The molecule has 0 aliphatic carbocycles. The zero-order chi connectivity index (χ0) is 18.4. The molecule has 2 aromatic rings. The first-order valence-corrected chi connectivity index (χ1v) is 8.72. The number of aromatic amines is 1. The van der Waals surface area contributed by atoms with Crippen LogP contribution >= 0.6 is 0 Å². The molecule has 1 aromatic carbocycles. The normalized spacial score (nSPS) is 20.5. The second kappa shape index (κ2) is 6.12. The average Bonchev–Trinajstić information content (AvgIpc) is 3.18. The van der Waals surface area contributed by atoms with Gasteiger partial charge in [-0.1, -0.05) is 0 Å². The predicted octanol–water partition coefficient (Wildman–Crippen LogP) is 0.290. The van der Waals surface area contributed by atoms with Crippen LogP contribution in [0.25, 0.3) is 10.9 Å². The van der Waals surface area contributed by atoms with E-state index in [4.69, 9.17) is 0 Å². The molecule has 0 radical (unpaired) electrons. The van der Waals surface area contributed by atoms with Crippen LogP contribution in [-0.4, -0.2) is 70.4 Å². The monoisotopic (exact) mass is 355 g/mol. The van der Waals surface area contributed by atoms with Crippen molar-refractivity contribution in [2.75, 3.05) is 26.7 Å². The number of H-pyrrole nitrogens is 1. The Bertz CT molecular complexity index is 899. The van der Waals surface area contributed by atoms with E-state index in [1.807, 2.05) is 19.1 Å². The first-order valence-electron chi connectivity index (χ1n) is 8.72. The molecule has 1 atom stereocenters. The molecule has 2 fully saturated rings. The van der Waals surface area contributed by atoms with E-state index < -0.39 is 0 Å². The third-order valence-corrected chi connectivity index (χ3v) is 5.29. The summed E-state index contributed by atoms with van der Waals surface area (Å²) in [5, 5.41) is 10.4. The van der Waals surface area contributed by atoms with Gasteiger partial charge >= 0.3 is 0 Å². The fourth-order valence-electron chi connectivity index (χ4n) is 3.83. The lowest BCUT2D eigenvalue weighted by molar-refractivity contribution is -0.132. The number of fused-ring (bicyclic) bond motifs is 1. The Morgan fingerprint density at radius 2 is 2.04 bits per heavy atom. The molecule has 8 heteroatoms. The van der Waals surface area contributed by atoms with Crippen LogP contribution in [0, 0.1) is 12.8 Å². The number of nitrogens with zero attached hydrogens (tertiary/aromatic N) is 3. The Labute approximate surface area is 150 Å². The fourth-order valence-corrected chi connectivity index (χ4v) is 3.83. The van der Waals surface area contributed by atoms with E-state index in [0.717, 1.165) is 16.5 Å². The van der Waals surface area contributed by atoms with Gasteiger partial charge in [-0.25, -0.2) is 0 Å². The van der Waals surface area contributed by atoms with Crippen LogP contribution in [0.3, 0.4) is 0 Å². The molecule has 2 aliphatic rings. The average molecular weight is 355 g/mol. The van der Waals surface area contributed by atoms with Gasteiger partial charge in [0.25, 0.3) is 5.91 Å². The number of benzene rings is 1. The summed E-state index contributed by atoms with van der Waals surface area (Å²) in [6.07, 6.45) is 1.95. The lowest BCUT2D eigenvalue weighted by atomic mass is 10.0. The highest BCUT2D eigenvalue weighted by molar-refractivity contribution is 6.06. The molecule has 136 valence electrons. The van der Waals surface area contributed by atoms with Gasteiger partial charge in [0.05, 0.1) is 29.2 Å². The van der Waals surface area contributed by atoms with Gasteiger partial charge in [0.1, 0.15) is 0 Å². The largest absolute Gasteiger partial charge is 0.359 e. The topological polar surface area (TPSA) is 98.4 Å². The maximum absolute atomic E-state index is 12.9. The Morgan fingerprint density at radius 3 is 2.77 bits per heavy atom. The van der Waals surface area contributed by atoms with E-state index in [9.17, 15) is 14.4 Å². The van der Waals surface area contributed by atoms with E-state index in [1.54, 1.807) is 23.0 Å². The third kappa shape index (κ3) is 2.61. The van der Waals surface area contributed by atoms with Gasteiger partial charge in [0.15, 0.2) is 0 Å². The molecule has 2 aliphatic heterocycles. The van der Waals surface area contributed by atoms with Crippen LogP contribution in [0.15, 0.2) is 18.3 Å². The molecule has 2 saturated heterocycles. The Balaban J connectivity index is 1.45. The lowest BCUT2D eigenvalue weighted by Crippen LogP contribution is -2.61. The summed E-state index contributed by atoms with van der Waals surface area (Å²) in [5.74, 6) is -0.468. The summed E-state index contributed by atoms with van der Waals surface area (Å²) in [6, 6.07) is 3.83. The minimum absolute atomic E-state index is 0.0110. The van der Waals surface area contributed by atoms with Crippen molar-refractivity contribution in [3.05, 3.63) is 29.5 Å². The van der Waals surface area contributed by atoms with E-state index >= 15 is 0 Å². The summed E-state index contributed by atoms with van der Waals surface area (Å²) in [6.45, 7) is 3.37. The molecule has 4 rings (SSSR count). The van der Waals surface area contributed by atoms with Gasteiger partial charge in [-0.3, -0.25) is 19.5 Å². The van der Waals surface area contributed by atoms with Crippen LogP contribution in [0.4, 0.5) is 0 Å². The highest BCUT2D eigenvalue weighted by atomic mass is 16.2. The standard InChI is InChI=1S/C18H21N5O3/c1-10-3-11-6-20-21-16(11)14(4-10)18(26)22-8-13(9-22)23-7-12(5-15(23)24)17(25)19-2/h3-4,6,12-13H,5,7-9H2,1-2H3,(H,19,25)(H,20,21). The van der Waals surface area contributed by atoms with E-state index in [0.29, 0.717) is 25.2 Å². The highest BCUT2D eigenvalue weighted by Gasteiger charge is 2.43. The zero-order valence-corrected chi connectivity index (χ0v) is 14.8. The minimum Gasteiger partial charge on any atom is -0.359 e. The van der Waals surface area contributed by atoms with Gasteiger partial charge in [0.2, 0.25) is 11.8 Å². The van der Waals surface area contributed by atoms with Gasteiger partial charge in [-0.15, -0.1) is 0 Å². The summed E-state index contributed by atoms with van der Waals surface area (Å²) < 4.78 is 0. The Hall–Kier alpha value is -2.90. The van der Waals surface area contributed by atoms with Gasteiger partial charge in [0, 0.05) is 38.5 Å². The molecule has 8 nitrogen and oxygen atoms in total. The summed E-state index contributed by atoms with van der Waals surface area (Å²) in [4.78, 5) is 40.3. The molecule has 1 aromatic heterocycles. The summed E-state index contributed by atoms with van der Waals surface area (Å²) in [7, 11) is 1.58. The van der Waals surface area contributed by atoms with Crippen molar-refractivity contribution < 1.29 is 14.4 Å². The van der Waals surface area contributed by atoms with Crippen molar-refractivity contribution in [2.24, 2.45) is 5.92 Å². The van der Waals surface area contributed by atoms with E-state index in [2.05, 4.69) is 15.5 Å². The quantitative estimate of drug-likeness (QED) is 0.827. The van der Waals surface area contributed by atoms with Crippen molar-refractivity contribution in [2.45, 2.75) is 19.4 Å². The van der Waals surface area contributed by atoms with Crippen molar-refractivity contribution >= 4 is 28.6 Å². The minimum atomic E-state index is -0.293. The van der Waals surface area contributed by atoms with Crippen LogP contribution in [0.1, 0.15) is 22.3 Å². The Morgan fingerprint density at radius 1 is 1.27 bits per heavy atom. The van der Waals surface area contributed by atoms with E-state index in [-0.39, 0.29) is 36.1 Å². The number of aromatic nitrogens is 2. The Kier molecular flexibility index (Phi) is 3.90. The molecule has 2 N–H and O–H groups in total. The van der Waals surface area contributed by atoms with Crippen LogP contribution < -0.4 is 5.32 Å². The first-order chi connectivity index (χ1) is 12.5. The predicted molar refractivity (Wildman–Crippen MR) is 94.4 cm³/mol. The lowest BCUT2D eigenvalue weighted by Gasteiger charge is -2.44.